The Kier molecular flexibility index (Phi) is 34.3. The molecule has 0 aliphatic heterocycles. The van der Waals surface area contributed by atoms with Crippen LogP contribution in [0.15, 0.2) is 0 Å². The predicted octanol–water partition coefficient (Wildman–Crippen LogP) is 14.9. The average Bonchev–Trinajstić information content (AvgIpc) is 2.96. The minimum absolute atomic E-state index is 1.07. The van der Waals surface area contributed by atoms with Crippen LogP contribution >= 0.6 is 7.26 Å². The van der Waals surface area contributed by atoms with Gasteiger partial charge in [0.05, 0.1) is 0 Å². The molecule has 0 rings (SSSR count). The fraction of sp³-hybridized carbons (Fsp3) is 1.00. The van der Waals surface area contributed by atoms with Crippen molar-refractivity contribution in [3.8, 4) is 0 Å². The summed E-state index contributed by atoms with van der Waals surface area (Å²) in [5.41, 5.74) is 0. The zero-order valence-corrected chi connectivity index (χ0v) is 30.2. The van der Waals surface area contributed by atoms with Crippen LogP contribution in [0.1, 0.15) is 227 Å². The van der Waals surface area contributed by atoms with E-state index in [1.165, 1.54) is 180 Å². The second kappa shape index (κ2) is 33.9. The third-order valence-electron chi connectivity index (χ3n) is 9.96. The molecule has 0 atom stereocenters. The number of unbranched alkanes of at least 4 members (excludes halogenated alkanes) is 27. The molecule has 0 fully saturated rings. The number of hydrogen-bond donors (Lipinski definition) is 0. The van der Waals surface area contributed by atoms with Gasteiger partial charge < -0.3 is 0 Å². The molecule has 0 aromatic rings. The van der Waals surface area contributed by atoms with Crippen LogP contribution in [-0.2, 0) is 0 Å². The standard InChI is InChI=1S/C39H83P/c1-5-9-12-15-18-21-24-27-30-33-37-40(36-8-4,38-34-31-28-25-22-19-16-13-10-6-2)39-35-32-29-26-23-20-17-14-11-7-3/h40H,5-39H2,1-4H3. The third kappa shape index (κ3) is 28.5. The summed E-state index contributed by atoms with van der Waals surface area (Å²) < 4.78 is 0. The predicted molar refractivity (Wildman–Crippen MR) is 194 cm³/mol. The maximum absolute atomic E-state index is 2.50. The Labute approximate surface area is 258 Å². The van der Waals surface area contributed by atoms with Crippen LogP contribution in [-0.4, -0.2) is 24.6 Å². The van der Waals surface area contributed by atoms with Crippen LogP contribution in [0, 0.1) is 0 Å². The molecule has 0 aliphatic carbocycles. The molecule has 40 heavy (non-hydrogen) atoms. The second-order valence-electron chi connectivity index (χ2n) is 14.0. The van der Waals surface area contributed by atoms with E-state index >= 15 is 0 Å². The molecule has 0 spiro atoms. The summed E-state index contributed by atoms with van der Waals surface area (Å²) in [4.78, 5) is 0. The van der Waals surface area contributed by atoms with Gasteiger partial charge in [-0.05, 0) is 0 Å². The second-order valence-corrected chi connectivity index (χ2v) is 19.0. The SMILES string of the molecule is CCCCCCCCCCCC[PH](CCC)(CCCCCCCCCCCC)CCCCCCCCCCCC. The van der Waals surface area contributed by atoms with Crippen molar-refractivity contribution in [2.45, 2.75) is 227 Å². The molecule has 0 bridgehead atoms. The maximum atomic E-state index is 2.50. The first-order chi connectivity index (χ1) is 19.7. The molecule has 0 aromatic heterocycles. The molecule has 0 radical (unpaired) electrons. The van der Waals surface area contributed by atoms with Gasteiger partial charge in [0, 0.05) is 0 Å². The normalized spacial score (nSPS) is 12.4. The molecular weight excluding hydrogens is 499 g/mol. The molecule has 0 aliphatic rings. The Balaban J connectivity index is 4.36. The molecule has 244 valence electrons. The van der Waals surface area contributed by atoms with E-state index in [-0.39, 0.29) is 0 Å². The van der Waals surface area contributed by atoms with Crippen molar-refractivity contribution in [1.82, 2.24) is 0 Å². The number of hydrogen-bond acceptors (Lipinski definition) is 0. The van der Waals surface area contributed by atoms with Crippen LogP contribution in [0.2, 0.25) is 0 Å². The van der Waals surface area contributed by atoms with Gasteiger partial charge in [0.2, 0.25) is 0 Å². The molecule has 0 aromatic carbocycles. The zero-order valence-electron chi connectivity index (χ0n) is 29.2. The van der Waals surface area contributed by atoms with E-state index in [1.807, 2.05) is 0 Å². The van der Waals surface area contributed by atoms with E-state index in [2.05, 4.69) is 27.7 Å². The molecular formula is C39H83P. The molecule has 0 heterocycles. The summed E-state index contributed by atoms with van der Waals surface area (Å²) in [6.45, 7) is 9.48. The molecule has 0 unspecified atom stereocenters. The first-order valence-electron chi connectivity index (χ1n) is 19.7. The summed E-state index contributed by atoms with van der Waals surface area (Å²) in [7, 11) is -1.07. The first-order valence-corrected chi connectivity index (χ1v) is 22.6. The Morgan fingerprint density at radius 2 is 0.400 bits per heavy atom. The summed E-state index contributed by atoms with van der Waals surface area (Å²) in [5.74, 6) is 0. The number of rotatable bonds is 35. The Morgan fingerprint density at radius 1 is 0.200 bits per heavy atom. The van der Waals surface area contributed by atoms with Gasteiger partial charge in [-0.1, -0.05) is 0 Å². The van der Waals surface area contributed by atoms with Gasteiger partial charge in [0.15, 0.2) is 0 Å². The van der Waals surface area contributed by atoms with E-state index in [1.54, 1.807) is 43.9 Å². The van der Waals surface area contributed by atoms with Crippen molar-refractivity contribution in [1.29, 1.82) is 0 Å². The van der Waals surface area contributed by atoms with Crippen LogP contribution in [0.25, 0.3) is 0 Å². The van der Waals surface area contributed by atoms with Crippen molar-refractivity contribution in [2.75, 3.05) is 24.6 Å². The van der Waals surface area contributed by atoms with E-state index in [4.69, 9.17) is 0 Å². The van der Waals surface area contributed by atoms with Gasteiger partial charge in [-0.25, -0.2) is 0 Å². The Bertz CT molecular complexity index is 384. The van der Waals surface area contributed by atoms with E-state index < -0.39 is 7.26 Å². The molecule has 1 heteroatoms. The van der Waals surface area contributed by atoms with Gasteiger partial charge >= 0.3 is 259 Å². The zero-order chi connectivity index (χ0) is 29.2. The minimum atomic E-state index is -1.07. The van der Waals surface area contributed by atoms with Gasteiger partial charge in [0.1, 0.15) is 0 Å². The van der Waals surface area contributed by atoms with Gasteiger partial charge in [-0.3, -0.25) is 0 Å². The fourth-order valence-electron chi connectivity index (χ4n) is 7.24. The van der Waals surface area contributed by atoms with Gasteiger partial charge in [0.25, 0.3) is 0 Å². The van der Waals surface area contributed by atoms with Crippen LogP contribution < -0.4 is 0 Å². The fourth-order valence-corrected chi connectivity index (χ4v) is 12.8. The van der Waals surface area contributed by atoms with Crippen molar-refractivity contribution >= 4 is 7.26 Å². The van der Waals surface area contributed by atoms with E-state index in [9.17, 15) is 0 Å². The monoisotopic (exact) mass is 583 g/mol. The molecule has 0 amide bonds. The average molecular weight is 583 g/mol. The third-order valence-corrected chi connectivity index (χ3v) is 15.8. The van der Waals surface area contributed by atoms with Gasteiger partial charge in [-0.15, -0.1) is 0 Å². The first kappa shape index (κ1) is 40.4. The Morgan fingerprint density at radius 3 is 0.600 bits per heavy atom. The Hall–Kier alpha value is 0.430. The summed E-state index contributed by atoms with van der Waals surface area (Å²) in [6, 6.07) is 0. The summed E-state index contributed by atoms with van der Waals surface area (Å²) in [5, 5.41) is 0. The molecule has 0 nitrogen and oxygen atoms in total. The topological polar surface area (TPSA) is 0 Å². The quantitative estimate of drug-likeness (QED) is 0.0515. The van der Waals surface area contributed by atoms with Crippen LogP contribution in [0.3, 0.4) is 0 Å². The van der Waals surface area contributed by atoms with E-state index in [0.29, 0.717) is 0 Å². The van der Waals surface area contributed by atoms with Crippen LogP contribution in [0.5, 0.6) is 0 Å². The van der Waals surface area contributed by atoms with E-state index in [0.717, 1.165) is 0 Å². The van der Waals surface area contributed by atoms with Crippen LogP contribution in [0.4, 0.5) is 0 Å². The summed E-state index contributed by atoms with van der Waals surface area (Å²) in [6.07, 6.45) is 52.8. The summed E-state index contributed by atoms with van der Waals surface area (Å²) >= 11 is 0. The van der Waals surface area contributed by atoms with Crippen molar-refractivity contribution in [3.63, 3.8) is 0 Å². The molecule has 0 saturated heterocycles. The van der Waals surface area contributed by atoms with Gasteiger partial charge in [-0.2, -0.15) is 0 Å². The van der Waals surface area contributed by atoms with Crippen molar-refractivity contribution in [2.24, 2.45) is 0 Å². The van der Waals surface area contributed by atoms with Crippen molar-refractivity contribution < 1.29 is 0 Å². The van der Waals surface area contributed by atoms with Crippen molar-refractivity contribution in [3.05, 3.63) is 0 Å². The molecule has 0 N–H and O–H groups in total. The molecule has 0 saturated carbocycles.